The highest BCUT2D eigenvalue weighted by Gasteiger charge is 2.17. The number of aldehydes is 1. The number of carbonyl (C=O) groups excluding carboxylic acids is 1. The lowest BCUT2D eigenvalue weighted by molar-refractivity contribution is -0.385. The van der Waals surface area contributed by atoms with E-state index < -0.39 is 4.92 Å². The molecule has 1 rings (SSSR count). The summed E-state index contributed by atoms with van der Waals surface area (Å²) in [5, 5.41) is 10.5. The number of rotatable bonds is 3. The van der Waals surface area contributed by atoms with E-state index in [1.165, 1.54) is 13.2 Å². The van der Waals surface area contributed by atoms with Gasteiger partial charge in [-0.05, 0) is 6.07 Å². The van der Waals surface area contributed by atoms with E-state index in [-0.39, 0.29) is 22.7 Å². The second kappa shape index (κ2) is 3.73. The quantitative estimate of drug-likeness (QED) is 0.336. The van der Waals surface area contributed by atoms with Crippen molar-refractivity contribution >= 4 is 17.7 Å². The normalized spacial score (nSPS) is 9.50. The van der Waals surface area contributed by atoms with Crippen molar-refractivity contribution in [1.29, 1.82) is 0 Å². The molecule has 0 aliphatic heterocycles. The molecule has 14 heavy (non-hydrogen) atoms. The molecule has 74 valence electrons. The highest BCUT2D eigenvalue weighted by molar-refractivity contribution is 5.85. The van der Waals surface area contributed by atoms with Gasteiger partial charge in [-0.2, -0.15) is 0 Å². The summed E-state index contributed by atoms with van der Waals surface area (Å²) in [4.78, 5) is 20.4. The number of benzene rings is 1. The maximum absolute atomic E-state index is 10.5. The summed E-state index contributed by atoms with van der Waals surface area (Å²) >= 11 is 0. The summed E-state index contributed by atoms with van der Waals surface area (Å²) < 4.78 is 4.75. The fourth-order valence-corrected chi connectivity index (χ4v) is 1.01. The molecule has 1 aromatic carbocycles. The minimum Gasteiger partial charge on any atom is -0.490 e. The first-order valence-electron chi connectivity index (χ1n) is 3.67. The molecule has 0 aliphatic carbocycles. The van der Waals surface area contributed by atoms with Crippen molar-refractivity contribution in [1.82, 2.24) is 0 Å². The molecule has 0 amide bonds. The molecule has 0 atom stereocenters. The topological polar surface area (TPSA) is 95.5 Å². The van der Waals surface area contributed by atoms with Gasteiger partial charge >= 0.3 is 5.69 Å². The van der Waals surface area contributed by atoms with E-state index in [1.54, 1.807) is 0 Å². The van der Waals surface area contributed by atoms with Crippen LogP contribution in [-0.4, -0.2) is 18.3 Å². The zero-order chi connectivity index (χ0) is 10.7. The van der Waals surface area contributed by atoms with Gasteiger partial charge in [0.05, 0.1) is 12.0 Å². The van der Waals surface area contributed by atoms with Crippen LogP contribution in [0.1, 0.15) is 10.4 Å². The minimum absolute atomic E-state index is 0.0197. The van der Waals surface area contributed by atoms with Gasteiger partial charge in [-0.25, -0.2) is 0 Å². The van der Waals surface area contributed by atoms with Crippen molar-refractivity contribution in [3.63, 3.8) is 0 Å². The fraction of sp³-hybridized carbons (Fsp3) is 0.125. The Morgan fingerprint density at radius 1 is 1.57 bits per heavy atom. The van der Waals surface area contributed by atoms with Gasteiger partial charge in [0.1, 0.15) is 0 Å². The van der Waals surface area contributed by atoms with E-state index in [4.69, 9.17) is 10.5 Å². The Kier molecular flexibility index (Phi) is 2.66. The molecule has 0 fully saturated rings. The molecule has 0 radical (unpaired) electrons. The largest absolute Gasteiger partial charge is 0.490 e. The number of nitrogens with zero attached hydrogens (tertiary/aromatic N) is 1. The van der Waals surface area contributed by atoms with Gasteiger partial charge in [0.15, 0.2) is 12.0 Å². The Morgan fingerprint density at radius 2 is 2.21 bits per heavy atom. The number of methoxy groups -OCH3 is 1. The van der Waals surface area contributed by atoms with Gasteiger partial charge in [-0.15, -0.1) is 0 Å². The molecule has 2 N–H and O–H groups in total. The average Bonchev–Trinajstić information content (AvgIpc) is 2.17. The Morgan fingerprint density at radius 3 is 2.64 bits per heavy atom. The molecule has 0 bridgehead atoms. The van der Waals surface area contributed by atoms with Crippen LogP contribution in [0.5, 0.6) is 5.75 Å². The first kappa shape index (κ1) is 9.97. The van der Waals surface area contributed by atoms with Crippen LogP contribution in [0.4, 0.5) is 11.4 Å². The van der Waals surface area contributed by atoms with Crippen LogP contribution in [0.2, 0.25) is 0 Å². The van der Waals surface area contributed by atoms with Crippen molar-refractivity contribution in [2.24, 2.45) is 0 Å². The summed E-state index contributed by atoms with van der Waals surface area (Å²) in [6.45, 7) is 0. The van der Waals surface area contributed by atoms with E-state index in [0.717, 1.165) is 6.07 Å². The van der Waals surface area contributed by atoms with Crippen LogP contribution in [0.25, 0.3) is 0 Å². The van der Waals surface area contributed by atoms with Crippen molar-refractivity contribution in [2.45, 2.75) is 0 Å². The maximum atomic E-state index is 10.5. The van der Waals surface area contributed by atoms with Gasteiger partial charge in [-0.1, -0.05) is 0 Å². The highest BCUT2D eigenvalue weighted by Crippen LogP contribution is 2.30. The second-order valence-electron chi connectivity index (χ2n) is 2.53. The van der Waals surface area contributed by atoms with Gasteiger partial charge < -0.3 is 10.5 Å². The van der Waals surface area contributed by atoms with Gasteiger partial charge in [0.2, 0.25) is 0 Å². The SMILES string of the molecule is COc1cc(C=O)c(N)cc1[N+](=O)[O-]. The molecule has 6 heteroatoms. The summed E-state index contributed by atoms with van der Waals surface area (Å²) in [7, 11) is 1.28. The molecule has 0 unspecified atom stereocenters. The van der Waals surface area contributed by atoms with Gasteiger partial charge in [-0.3, -0.25) is 14.9 Å². The molecule has 6 nitrogen and oxygen atoms in total. The van der Waals surface area contributed by atoms with Crippen molar-refractivity contribution in [3.05, 3.63) is 27.8 Å². The number of nitrogen functional groups attached to an aromatic ring is 1. The molecule has 0 spiro atoms. The van der Waals surface area contributed by atoms with E-state index in [9.17, 15) is 14.9 Å². The summed E-state index contributed by atoms with van der Waals surface area (Å²) in [5.41, 5.74) is 5.38. The Hall–Kier alpha value is -2.11. The zero-order valence-electron chi connectivity index (χ0n) is 7.39. The zero-order valence-corrected chi connectivity index (χ0v) is 7.39. The third-order valence-electron chi connectivity index (χ3n) is 1.71. The predicted octanol–water partition coefficient (Wildman–Crippen LogP) is 0.998. The lowest BCUT2D eigenvalue weighted by atomic mass is 10.1. The van der Waals surface area contributed by atoms with E-state index in [1.807, 2.05) is 0 Å². The number of nitrogens with two attached hydrogens (primary N) is 1. The Balaban J connectivity index is 3.38. The first-order chi connectivity index (χ1) is 6.60. The number of nitro groups is 1. The molecular weight excluding hydrogens is 188 g/mol. The lowest BCUT2D eigenvalue weighted by Gasteiger charge is -2.04. The number of nitro benzene ring substituents is 1. The van der Waals surface area contributed by atoms with E-state index >= 15 is 0 Å². The third-order valence-corrected chi connectivity index (χ3v) is 1.71. The molecule has 0 aromatic heterocycles. The molecule has 0 saturated heterocycles. The molecule has 0 heterocycles. The van der Waals surface area contributed by atoms with Crippen molar-refractivity contribution in [2.75, 3.05) is 12.8 Å². The smallest absolute Gasteiger partial charge is 0.313 e. The summed E-state index contributed by atoms with van der Waals surface area (Å²) in [6.07, 6.45) is 0.515. The van der Waals surface area contributed by atoms with Crippen molar-refractivity contribution < 1.29 is 14.5 Å². The van der Waals surface area contributed by atoms with Crippen LogP contribution < -0.4 is 10.5 Å². The monoisotopic (exact) mass is 196 g/mol. The van der Waals surface area contributed by atoms with Crippen LogP contribution >= 0.6 is 0 Å². The Labute approximate surface area is 79.4 Å². The predicted molar refractivity (Wildman–Crippen MR) is 49.4 cm³/mol. The first-order valence-corrected chi connectivity index (χ1v) is 3.67. The minimum atomic E-state index is -0.621. The van der Waals surface area contributed by atoms with E-state index in [2.05, 4.69) is 0 Å². The van der Waals surface area contributed by atoms with Gasteiger partial charge in [0.25, 0.3) is 0 Å². The second-order valence-corrected chi connectivity index (χ2v) is 2.53. The summed E-state index contributed by atoms with van der Waals surface area (Å²) in [5.74, 6) is 0.0197. The lowest BCUT2D eigenvalue weighted by Crippen LogP contribution is -1.99. The molecule has 1 aromatic rings. The standard InChI is InChI=1S/C8H8N2O4/c1-14-8-2-5(4-11)6(9)3-7(8)10(12)13/h2-4H,9H2,1H3. The molecule has 0 aliphatic rings. The average molecular weight is 196 g/mol. The maximum Gasteiger partial charge on any atom is 0.313 e. The summed E-state index contributed by atoms with van der Waals surface area (Å²) in [6, 6.07) is 2.34. The molecule has 0 saturated carbocycles. The number of anilines is 1. The molecular formula is C8H8N2O4. The Bertz CT molecular complexity index is 389. The number of carbonyl (C=O) groups is 1. The van der Waals surface area contributed by atoms with Crippen LogP contribution in [0.3, 0.4) is 0 Å². The fourth-order valence-electron chi connectivity index (χ4n) is 1.01. The van der Waals surface area contributed by atoms with Crippen molar-refractivity contribution in [3.8, 4) is 5.75 Å². The van der Waals surface area contributed by atoms with Gasteiger partial charge in [0, 0.05) is 17.3 Å². The number of ether oxygens (including phenoxy) is 1. The van der Waals surface area contributed by atoms with Crippen LogP contribution in [0.15, 0.2) is 12.1 Å². The van der Waals surface area contributed by atoms with Crippen LogP contribution in [-0.2, 0) is 0 Å². The third kappa shape index (κ3) is 1.63. The number of hydrogen-bond acceptors (Lipinski definition) is 5. The number of hydrogen-bond donors (Lipinski definition) is 1. The van der Waals surface area contributed by atoms with E-state index in [0.29, 0.717) is 6.29 Å². The highest BCUT2D eigenvalue weighted by atomic mass is 16.6. The van der Waals surface area contributed by atoms with Crippen LogP contribution in [0, 0.1) is 10.1 Å².